The number of phenolic OH excluding ortho intramolecular Hbond substituents is 1. The standard InChI is InChI=1S/C14H13NO3/c1-10(16)9-18-14-5-4-11(7-13(14)17)12-3-2-6-15-8-12/h2-8,17H,9H2,1H3. The summed E-state index contributed by atoms with van der Waals surface area (Å²) in [4.78, 5) is 14.8. The molecule has 4 heteroatoms. The maximum atomic E-state index is 10.8. The van der Waals surface area contributed by atoms with Gasteiger partial charge < -0.3 is 9.84 Å². The van der Waals surface area contributed by atoms with Crippen molar-refractivity contribution in [1.82, 2.24) is 4.98 Å². The van der Waals surface area contributed by atoms with Gasteiger partial charge in [-0.25, -0.2) is 0 Å². The summed E-state index contributed by atoms with van der Waals surface area (Å²) in [7, 11) is 0. The molecule has 0 aliphatic rings. The van der Waals surface area contributed by atoms with Gasteiger partial charge in [-0.3, -0.25) is 9.78 Å². The molecule has 0 aliphatic carbocycles. The van der Waals surface area contributed by atoms with Crippen LogP contribution in [0, 0.1) is 0 Å². The van der Waals surface area contributed by atoms with E-state index in [1.54, 1.807) is 24.5 Å². The van der Waals surface area contributed by atoms with Gasteiger partial charge in [0.15, 0.2) is 17.3 Å². The van der Waals surface area contributed by atoms with Gasteiger partial charge in [0.2, 0.25) is 0 Å². The lowest BCUT2D eigenvalue weighted by Crippen LogP contribution is -2.06. The normalized spacial score (nSPS) is 10.1. The predicted octanol–water partition coefficient (Wildman–Crippen LogP) is 2.42. The van der Waals surface area contributed by atoms with E-state index < -0.39 is 0 Å². The van der Waals surface area contributed by atoms with E-state index in [0.29, 0.717) is 5.75 Å². The van der Waals surface area contributed by atoms with Crippen LogP contribution >= 0.6 is 0 Å². The number of aromatic nitrogens is 1. The number of rotatable bonds is 4. The number of pyridine rings is 1. The molecule has 1 aromatic carbocycles. The minimum atomic E-state index is -0.0919. The summed E-state index contributed by atoms with van der Waals surface area (Å²) < 4.78 is 5.17. The fourth-order valence-electron chi connectivity index (χ4n) is 1.53. The third kappa shape index (κ3) is 2.85. The predicted molar refractivity (Wildman–Crippen MR) is 67.5 cm³/mol. The van der Waals surface area contributed by atoms with Crippen molar-refractivity contribution in [2.75, 3.05) is 6.61 Å². The first-order valence-electron chi connectivity index (χ1n) is 5.52. The van der Waals surface area contributed by atoms with E-state index >= 15 is 0 Å². The Balaban J connectivity index is 2.22. The minimum absolute atomic E-state index is 0.0117. The Hall–Kier alpha value is -2.36. The van der Waals surface area contributed by atoms with Crippen LogP contribution < -0.4 is 4.74 Å². The second kappa shape index (κ2) is 5.31. The minimum Gasteiger partial charge on any atom is -0.504 e. The maximum absolute atomic E-state index is 10.8. The van der Waals surface area contributed by atoms with Crippen LogP contribution in [0.1, 0.15) is 6.92 Å². The summed E-state index contributed by atoms with van der Waals surface area (Å²) in [5, 5.41) is 9.81. The van der Waals surface area contributed by atoms with Crippen LogP contribution in [0.2, 0.25) is 0 Å². The second-order valence-corrected chi connectivity index (χ2v) is 3.91. The van der Waals surface area contributed by atoms with Crippen LogP contribution in [-0.2, 0) is 4.79 Å². The summed E-state index contributed by atoms with van der Waals surface area (Å²) in [5.74, 6) is 0.223. The molecule has 0 radical (unpaired) electrons. The van der Waals surface area contributed by atoms with Gasteiger partial charge in [0.25, 0.3) is 0 Å². The van der Waals surface area contributed by atoms with E-state index in [1.165, 1.54) is 6.92 Å². The van der Waals surface area contributed by atoms with Crippen LogP contribution in [0.4, 0.5) is 0 Å². The molecule has 0 atom stereocenters. The molecule has 0 unspecified atom stereocenters. The van der Waals surface area contributed by atoms with E-state index in [-0.39, 0.29) is 18.1 Å². The summed E-state index contributed by atoms with van der Waals surface area (Å²) in [6.07, 6.45) is 3.40. The molecule has 1 heterocycles. The summed E-state index contributed by atoms with van der Waals surface area (Å²) in [5.41, 5.74) is 1.75. The van der Waals surface area contributed by atoms with Gasteiger partial charge in [-0.15, -0.1) is 0 Å². The van der Waals surface area contributed by atoms with Gasteiger partial charge in [-0.05, 0) is 30.7 Å². The number of phenols is 1. The number of hydrogen-bond acceptors (Lipinski definition) is 4. The zero-order chi connectivity index (χ0) is 13.0. The highest BCUT2D eigenvalue weighted by Crippen LogP contribution is 2.31. The number of ether oxygens (including phenoxy) is 1. The molecule has 1 aromatic heterocycles. The zero-order valence-electron chi connectivity index (χ0n) is 9.96. The Kier molecular flexibility index (Phi) is 3.57. The SMILES string of the molecule is CC(=O)COc1ccc(-c2cccnc2)cc1O. The average Bonchev–Trinajstić information content (AvgIpc) is 2.38. The number of nitrogens with zero attached hydrogens (tertiary/aromatic N) is 1. The number of ketones is 1. The molecule has 2 rings (SSSR count). The van der Waals surface area contributed by atoms with Crippen molar-refractivity contribution >= 4 is 5.78 Å². The molecule has 2 aromatic rings. The summed E-state index contributed by atoms with van der Waals surface area (Å²) >= 11 is 0. The van der Waals surface area contributed by atoms with Crippen molar-refractivity contribution in [2.24, 2.45) is 0 Å². The maximum Gasteiger partial charge on any atom is 0.167 e. The Labute approximate surface area is 105 Å². The van der Waals surface area contributed by atoms with E-state index in [4.69, 9.17) is 4.74 Å². The molecular weight excluding hydrogens is 230 g/mol. The molecule has 1 N–H and O–H groups in total. The Morgan fingerprint density at radius 2 is 2.17 bits per heavy atom. The third-order valence-corrected chi connectivity index (χ3v) is 2.38. The first kappa shape index (κ1) is 12.1. The Morgan fingerprint density at radius 3 is 2.78 bits per heavy atom. The van der Waals surface area contributed by atoms with E-state index in [1.807, 2.05) is 18.2 Å². The quantitative estimate of drug-likeness (QED) is 0.895. The van der Waals surface area contributed by atoms with Gasteiger partial charge in [0, 0.05) is 18.0 Å². The molecule has 0 saturated carbocycles. The fraction of sp³-hybridized carbons (Fsp3) is 0.143. The van der Waals surface area contributed by atoms with Crippen molar-refractivity contribution in [3.63, 3.8) is 0 Å². The average molecular weight is 243 g/mol. The Bertz CT molecular complexity index is 552. The van der Waals surface area contributed by atoms with Crippen molar-refractivity contribution in [3.05, 3.63) is 42.7 Å². The van der Waals surface area contributed by atoms with Crippen LogP contribution in [0.15, 0.2) is 42.7 Å². The number of carbonyl (C=O) groups is 1. The lowest BCUT2D eigenvalue weighted by atomic mass is 10.1. The van der Waals surface area contributed by atoms with Gasteiger partial charge in [-0.1, -0.05) is 12.1 Å². The van der Waals surface area contributed by atoms with Crippen LogP contribution in [0.25, 0.3) is 11.1 Å². The molecule has 92 valence electrons. The fourth-order valence-corrected chi connectivity index (χ4v) is 1.53. The smallest absolute Gasteiger partial charge is 0.167 e. The molecule has 0 spiro atoms. The van der Waals surface area contributed by atoms with Gasteiger partial charge in [0.1, 0.15) is 6.61 Å². The molecule has 0 fully saturated rings. The molecular formula is C14H13NO3. The molecule has 0 saturated heterocycles. The molecule has 0 amide bonds. The highest BCUT2D eigenvalue weighted by Gasteiger charge is 2.06. The highest BCUT2D eigenvalue weighted by molar-refractivity contribution is 5.77. The zero-order valence-corrected chi connectivity index (χ0v) is 9.96. The Morgan fingerprint density at radius 1 is 1.33 bits per heavy atom. The monoisotopic (exact) mass is 243 g/mol. The van der Waals surface area contributed by atoms with E-state index in [0.717, 1.165) is 11.1 Å². The molecule has 0 bridgehead atoms. The highest BCUT2D eigenvalue weighted by atomic mass is 16.5. The van der Waals surface area contributed by atoms with Gasteiger partial charge in [-0.2, -0.15) is 0 Å². The lowest BCUT2D eigenvalue weighted by molar-refractivity contribution is -0.118. The first-order valence-corrected chi connectivity index (χ1v) is 5.52. The van der Waals surface area contributed by atoms with Crippen LogP contribution in [-0.4, -0.2) is 22.5 Å². The summed E-state index contributed by atoms with van der Waals surface area (Å²) in [6.45, 7) is 1.39. The first-order chi connectivity index (χ1) is 8.66. The largest absolute Gasteiger partial charge is 0.504 e. The number of Topliss-reactive ketones (excluding diaryl/α,β-unsaturated/α-hetero) is 1. The lowest BCUT2D eigenvalue weighted by Gasteiger charge is -2.08. The summed E-state index contributed by atoms with van der Waals surface area (Å²) in [6, 6.07) is 8.77. The van der Waals surface area contributed by atoms with Crippen molar-refractivity contribution in [3.8, 4) is 22.6 Å². The van der Waals surface area contributed by atoms with Crippen molar-refractivity contribution < 1.29 is 14.6 Å². The molecule has 0 aliphatic heterocycles. The third-order valence-electron chi connectivity index (χ3n) is 2.38. The van der Waals surface area contributed by atoms with Crippen molar-refractivity contribution in [2.45, 2.75) is 6.92 Å². The van der Waals surface area contributed by atoms with E-state index in [9.17, 15) is 9.90 Å². The number of carbonyl (C=O) groups excluding carboxylic acids is 1. The van der Waals surface area contributed by atoms with Gasteiger partial charge in [0.05, 0.1) is 0 Å². The van der Waals surface area contributed by atoms with Crippen LogP contribution in [0.3, 0.4) is 0 Å². The number of hydrogen-bond donors (Lipinski definition) is 1. The number of aromatic hydroxyl groups is 1. The topological polar surface area (TPSA) is 59.4 Å². The van der Waals surface area contributed by atoms with Crippen LogP contribution in [0.5, 0.6) is 11.5 Å². The van der Waals surface area contributed by atoms with Gasteiger partial charge >= 0.3 is 0 Å². The molecule has 4 nitrogen and oxygen atoms in total. The molecule has 18 heavy (non-hydrogen) atoms. The number of benzene rings is 1. The van der Waals surface area contributed by atoms with Crippen molar-refractivity contribution in [1.29, 1.82) is 0 Å². The second-order valence-electron chi connectivity index (χ2n) is 3.91. The van der Waals surface area contributed by atoms with E-state index in [2.05, 4.69) is 4.98 Å².